The van der Waals surface area contributed by atoms with E-state index in [1.165, 1.54) is 18.6 Å². The van der Waals surface area contributed by atoms with Gasteiger partial charge in [0.05, 0.1) is 12.0 Å². The van der Waals surface area contributed by atoms with Crippen LogP contribution in [0.4, 0.5) is 4.39 Å². The normalized spacial score (nSPS) is 26.8. The third kappa shape index (κ3) is 4.01. The van der Waals surface area contributed by atoms with E-state index in [0.717, 1.165) is 32.4 Å². The number of rotatable bonds is 5. The van der Waals surface area contributed by atoms with Gasteiger partial charge in [-0.2, -0.15) is 0 Å². The van der Waals surface area contributed by atoms with Crippen LogP contribution in [0.2, 0.25) is 0 Å². The number of nitrogens with one attached hydrogen (secondary N) is 2. The molecule has 134 valence electrons. The molecule has 0 bridgehead atoms. The van der Waals surface area contributed by atoms with Gasteiger partial charge >= 0.3 is 0 Å². The van der Waals surface area contributed by atoms with E-state index < -0.39 is 0 Å². The molecular formula is C18H26ClFN2O2. The zero-order valence-electron chi connectivity index (χ0n) is 14.0. The predicted octanol–water partition coefficient (Wildman–Crippen LogP) is 2.91. The van der Waals surface area contributed by atoms with Crippen molar-refractivity contribution < 1.29 is 13.9 Å². The van der Waals surface area contributed by atoms with Gasteiger partial charge in [-0.1, -0.05) is 12.8 Å². The second-order valence-electron chi connectivity index (χ2n) is 6.82. The van der Waals surface area contributed by atoms with Gasteiger partial charge in [-0.15, -0.1) is 12.4 Å². The number of ether oxygens (including phenoxy) is 1. The first-order valence-electron chi connectivity index (χ1n) is 8.51. The minimum Gasteiger partial charge on any atom is -0.489 e. The number of amides is 1. The van der Waals surface area contributed by atoms with Gasteiger partial charge in [0.1, 0.15) is 17.7 Å². The Labute approximate surface area is 148 Å². The summed E-state index contributed by atoms with van der Waals surface area (Å²) in [6.07, 6.45) is 4.32. The highest BCUT2D eigenvalue weighted by molar-refractivity contribution is 5.85. The van der Waals surface area contributed by atoms with Crippen LogP contribution in [-0.4, -0.2) is 31.6 Å². The van der Waals surface area contributed by atoms with Crippen LogP contribution in [0, 0.1) is 17.2 Å². The number of carbonyl (C=O) groups is 1. The van der Waals surface area contributed by atoms with Crippen LogP contribution in [0.3, 0.4) is 0 Å². The summed E-state index contributed by atoms with van der Waals surface area (Å²) in [7, 11) is 0. The number of hydrogen-bond donors (Lipinski definition) is 2. The van der Waals surface area contributed by atoms with E-state index in [0.29, 0.717) is 18.2 Å². The van der Waals surface area contributed by atoms with Crippen molar-refractivity contribution in [3.8, 4) is 5.75 Å². The minimum absolute atomic E-state index is 0. The lowest BCUT2D eigenvalue weighted by Gasteiger charge is -2.37. The fourth-order valence-corrected chi connectivity index (χ4v) is 3.89. The van der Waals surface area contributed by atoms with Gasteiger partial charge in [0, 0.05) is 6.54 Å². The van der Waals surface area contributed by atoms with Crippen LogP contribution in [0.15, 0.2) is 24.3 Å². The van der Waals surface area contributed by atoms with Gasteiger partial charge in [-0.05, 0) is 56.5 Å². The van der Waals surface area contributed by atoms with Crippen molar-refractivity contribution in [2.24, 2.45) is 11.3 Å². The lowest BCUT2D eigenvalue weighted by Crippen LogP contribution is -2.49. The third-order valence-corrected chi connectivity index (χ3v) is 5.19. The van der Waals surface area contributed by atoms with Crippen LogP contribution >= 0.6 is 12.4 Å². The summed E-state index contributed by atoms with van der Waals surface area (Å²) < 4.78 is 18.6. The maximum absolute atomic E-state index is 12.9. The van der Waals surface area contributed by atoms with Crippen LogP contribution in [0.1, 0.15) is 32.6 Å². The Hall–Kier alpha value is -1.33. The number of hydrogen-bond acceptors (Lipinski definition) is 3. The van der Waals surface area contributed by atoms with Crippen LogP contribution in [0.5, 0.6) is 5.75 Å². The summed E-state index contributed by atoms with van der Waals surface area (Å²) in [5, 5.41) is 6.46. The molecule has 1 aliphatic heterocycles. The Morgan fingerprint density at radius 3 is 2.92 bits per heavy atom. The second kappa shape index (κ2) is 8.17. The first kappa shape index (κ1) is 19.0. The number of carbonyl (C=O) groups excluding carboxylic acids is 1. The van der Waals surface area contributed by atoms with Crippen molar-refractivity contribution in [3.63, 3.8) is 0 Å². The maximum Gasteiger partial charge on any atom is 0.227 e. The highest BCUT2D eigenvalue weighted by Gasteiger charge is 2.49. The Bertz CT molecular complexity index is 554. The fourth-order valence-electron chi connectivity index (χ4n) is 3.89. The van der Waals surface area contributed by atoms with E-state index in [2.05, 4.69) is 10.6 Å². The van der Waals surface area contributed by atoms with Crippen molar-refractivity contribution in [2.75, 3.05) is 19.6 Å². The lowest BCUT2D eigenvalue weighted by atomic mass is 9.67. The molecule has 4 nitrogen and oxygen atoms in total. The first-order valence-corrected chi connectivity index (χ1v) is 8.51. The van der Waals surface area contributed by atoms with Crippen molar-refractivity contribution in [2.45, 2.75) is 38.7 Å². The molecule has 1 saturated heterocycles. The number of halogens is 2. The van der Waals surface area contributed by atoms with Gasteiger partial charge in [0.15, 0.2) is 0 Å². The minimum atomic E-state index is -0.283. The quantitative estimate of drug-likeness (QED) is 0.853. The summed E-state index contributed by atoms with van der Waals surface area (Å²) in [6, 6.07) is 5.95. The summed E-state index contributed by atoms with van der Waals surface area (Å²) in [6.45, 7) is 4.11. The molecule has 1 aliphatic carbocycles. The molecule has 0 radical (unpaired) electrons. The van der Waals surface area contributed by atoms with Crippen molar-refractivity contribution >= 4 is 18.3 Å². The highest BCUT2D eigenvalue weighted by Crippen LogP contribution is 2.43. The molecule has 1 amide bonds. The maximum atomic E-state index is 12.9. The van der Waals surface area contributed by atoms with Gasteiger partial charge in [-0.25, -0.2) is 4.39 Å². The number of fused-ring (bicyclic) bond motifs is 1. The van der Waals surface area contributed by atoms with Gasteiger partial charge in [0.25, 0.3) is 0 Å². The summed E-state index contributed by atoms with van der Waals surface area (Å²) in [5.74, 6) is 0.949. The molecule has 24 heavy (non-hydrogen) atoms. The van der Waals surface area contributed by atoms with E-state index in [-0.39, 0.29) is 35.7 Å². The average molecular weight is 357 g/mol. The molecule has 0 spiro atoms. The topological polar surface area (TPSA) is 50.4 Å². The smallest absolute Gasteiger partial charge is 0.227 e. The SMILES string of the molecule is CC(CNC(=O)[C@@]12CCCC[C@H]1CNC2)Oc1ccc(F)cc1.Cl. The molecular weight excluding hydrogens is 331 g/mol. The van der Waals surface area contributed by atoms with Crippen molar-refractivity contribution in [1.29, 1.82) is 0 Å². The Morgan fingerprint density at radius 1 is 1.42 bits per heavy atom. The van der Waals surface area contributed by atoms with Crippen molar-refractivity contribution in [3.05, 3.63) is 30.1 Å². The standard InChI is InChI=1S/C18H25FN2O2.ClH/c1-13(23-16-7-5-15(19)6-8-16)10-21-17(22)18-9-3-2-4-14(18)11-20-12-18;/h5-8,13-14,20H,2-4,9-12H2,1H3,(H,21,22);1H/t13?,14-,18+;/m0./s1. The van der Waals surface area contributed by atoms with E-state index in [1.807, 2.05) is 6.92 Å². The van der Waals surface area contributed by atoms with Crippen molar-refractivity contribution in [1.82, 2.24) is 10.6 Å². The first-order chi connectivity index (χ1) is 11.1. The predicted molar refractivity (Wildman–Crippen MR) is 94.0 cm³/mol. The van der Waals surface area contributed by atoms with Crippen LogP contribution in [-0.2, 0) is 4.79 Å². The summed E-state index contributed by atoms with van der Waals surface area (Å²) in [4.78, 5) is 12.7. The molecule has 1 unspecified atom stereocenters. The molecule has 1 aromatic carbocycles. The van der Waals surface area contributed by atoms with E-state index in [1.54, 1.807) is 12.1 Å². The molecule has 2 aliphatic rings. The molecule has 3 rings (SSSR count). The lowest BCUT2D eigenvalue weighted by molar-refractivity contribution is -0.134. The van der Waals surface area contributed by atoms with Gasteiger partial charge in [0.2, 0.25) is 5.91 Å². The molecule has 1 aromatic rings. The molecule has 0 aromatic heterocycles. The third-order valence-electron chi connectivity index (χ3n) is 5.19. The van der Waals surface area contributed by atoms with Gasteiger partial charge < -0.3 is 15.4 Å². The van der Waals surface area contributed by atoms with E-state index in [4.69, 9.17) is 4.74 Å². The monoisotopic (exact) mass is 356 g/mol. The molecule has 3 atom stereocenters. The molecule has 2 N–H and O–H groups in total. The highest BCUT2D eigenvalue weighted by atomic mass is 35.5. The van der Waals surface area contributed by atoms with E-state index >= 15 is 0 Å². The van der Waals surface area contributed by atoms with Crippen LogP contribution in [0.25, 0.3) is 0 Å². The van der Waals surface area contributed by atoms with Crippen LogP contribution < -0.4 is 15.4 Å². The average Bonchev–Trinajstić information content (AvgIpc) is 3.00. The zero-order valence-corrected chi connectivity index (χ0v) is 14.8. The Kier molecular flexibility index (Phi) is 6.47. The molecule has 6 heteroatoms. The Balaban J connectivity index is 0.00000208. The molecule has 1 heterocycles. The number of benzene rings is 1. The van der Waals surface area contributed by atoms with E-state index in [9.17, 15) is 9.18 Å². The molecule has 1 saturated carbocycles. The summed E-state index contributed by atoms with van der Waals surface area (Å²) >= 11 is 0. The summed E-state index contributed by atoms with van der Waals surface area (Å²) in [5.41, 5.74) is -0.228. The van der Waals surface area contributed by atoms with Gasteiger partial charge in [-0.3, -0.25) is 4.79 Å². The zero-order chi connectivity index (χ0) is 16.3. The Morgan fingerprint density at radius 2 is 2.17 bits per heavy atom. The largest absolute Gasteiger partial charge is 0.489 e. The fraction of sp³-hybridized carbons (Fsp3) is 0.611. The molecule has 2 fully saturated rings. The second-order valence-corrected chi connectivity index (χ2v) is 6.82.